The summed E-state index contributed by atoms with van der Waals surface area (Å²) in [6, 6.07) is 3.50. The minimum Gasteiger partial charge on any atom is -0.415 e. The van der Waals surface area contributed by atoms with Crippen molar-refractivity contribution in [3.05, 3.63) is 46.9 Å². The molecule has 0 saturated heterocycles. The Hall–Kier alpha value is -2.00. The number of rotatable bonds is 4. The number of anilines is 2. The van der Waals surface area contributed by atoms with E-state index in [-0.39, 0.29) is 44.8 Å². The Morgan fingerprint density at radius 3 is 2.40 bits per heavy atom. The average molecular weight is 488 g/mol. The molecule has 1 unspecified atom stereocenters. The molecule has 3 heterocycles. The van der Waals surface area contributed by atoms with Crippen LogP contribution in [0.5, 0.6) is 0 Å². The summed E-state index contributed by atoms with van der Waals surface area (Å²) in [5.74, 6) is -0.125. The molecular formula is C20H21F2N6OY-. The summed E-state index contributed by atoms with van der Waals surface area (Å²) in [7, 11) is 4.15. The first-order chi connectivity index (χ1) is 13.8. The smallest absolute Gasteiger partial charge is 0.314 e. The van der Waals surface area contributed by atoms with Gasteiger partial charge in [0.25, 0.3) is 11.8 Å². The maximum Gasteiger partial charge on any atom is 0.314 e. The molecule has 1 atom stereocenters. The van der Waals surface area contributed by atoms with Gasteiger partial charge in [-0.15, -0.1) is 21.3 Å². The molecule has 0 N–H and O–H groups in total. The first-order valence-electron chi connectivity index (χ1n) is 9.21. The van der Waals surface area contributed by atoms with E-state index in [0.717, 1.165) is 16.8 Å². The molecule has 1 aliphatic heterocycles. The van der Waals surface area contributed by atoms with Crippen LogP contribution in [0.1, 0.15) is 41.8 Å². The van der Waals surface area contributed by atoms with Crippen LogP contribution in [0.2, 0.25) is 0 Å². The largest absolute Gasteiger partial charge is 0.415 e. The van der Waals surface area contributed by atoms with Crippen molar-refractivity contribution in [2.75, 3.05) is 23.9 Å². The van der Waals surface area contributed by atoms with Crippen LogP contribution in [0.25, 0.3) is 11.5 Å². The Morgan fingerprint density at radius 1 is 1.13 bits per heavy atom. The van der Waals surface area contributed by atoms with Crippen LogP contribution >= 0.6 is 0 Å². The van der Waals surface area contributed by atoms with Gasteiger partial charge in [-0.25, -0.2) is 9.97 Å². The Balaban J connectivity index is 0.00000256. The van der Waals surface area contributed by atoms with Crippen LogP contribution in [0.3, 0.4) is 0 Å². The molecule has 2 aromatic heterocycles. The third-order valence-electron chi connectivity index (χ3n) is 5.53. The fourth-order valence-corrected chi connectivity index (χ4v) is 3.65. The number of hydrogen-bond acceptors (Lipinski definition) is 7. The molecule has 3 aromatic rings. The van der Waals surface area contributed by atoms with Crippen LogP contribution in [0.4, 0.5) is 20.2 Å². The summed E-state index contributed by atoms with van der Waals surface area (Å²) in [4.78, 5) is 13.2. The molecule has 0 amide bonds. The van der Waals surface area contributed by atoms with Gasteiger partial charge in [0, 0.05) is 52.2 Å². The van der Waals surface area contributed by atoms with E-state index < -0.39 is 12.3 Å². The van der Waals surface area contributed by atoms with Gasteiger partial charge >= 0.3 is 6.43 Å². The van der Waals surface area contributed by atoms with Crippen molar-refractivity contribution < 1.29 is 45.9 Å². The number of hydrogen-bond donors (Lipinski definition) is 0. The average Bonchev–Trinajstić information content (AvgIpc) is 3.27. The van der Waals surface area contributed by atoms with E-state index in [9.17, 15) is 8.78 Å². The molecule has 1 aliphatic rings. The minimum atomic E-state index is -2.81. The standard InChI is InChI=1S/C20H21F2N6O.Y/c1-10-6-15-17(28(5)12(3)27(15)4)11(2)14(10)7-16-23-8-13(9-24-16)19-25-26-20(29-19)18(21)22;/h8-9,12,18H,7H2,1-5H3;/q-1;. The van der Waals surface area contributed by atoms with E-state index >= 15 is 0 Å². The zero-order valence-electron chi connectivity index (χ0n) is 17.4. The van der Waals surface area contributed by atoms with Crippen LogP contribution in [-0.2, 0) is 39.1 Å². The number of aryl methyl sites for hydroxylation is 1. The van der Waals surface area contributed by atoms with Crippen LogP contribution in [0, 0.1) is 19.9 Å². The molecule has 0 fully saturated rings. The minimum absolute atomic E-state index is 0. The first-order valence-corrected chi connectivity index (χ1v) is 9.21. The molecule has 10 heteroatoms. The van der Waals surface area contributed by atoms with Gasteiger partial charge in [-0.3, -0.25) is 0 Å². The third-order valence-corrected chi connectivity index (χ3v) is 5.53. The molecule has 30 heavy (non-hydrogen) atoms. The first kappa shape index (κ1) is 22.7. The summed E-state index contributed by atoms with van der Waals surface area (Å²) < 4.78 is 30.2. The second kappa shape index (κ2) is 8.63. The van der Waals surface area contributed by atoms with Crippen LogP contribution < -0.4 is 9.80 Å². The maximum absolute atomic E-state index is 12.6. The van der Waals surface area contributed by atoms with E-state index in [1.54, 1.807) is 0 Å². The summed E-state index contributed by atoms with van der Waals surface area (Å²) in [5.41, 5.74) is 6.03. The summed E-state index contributed by atoms with van der Waals surface area (Å²) in [6.45, 7) is 6.30. The van der Waals surface area contributed by atoms with E-state index in [2.05, 4.69) is 64.0 Å². The second-order valence-corrected chi connectivity index (χ2v) is 7.22. The zero-order chi connectivity index (χ0) is 20.9. The fraction of sp³-hybridized carbons (Fsp3) is 0.400. The Labute approximate surface area is 198 Å². The molecule has 0 spiro atoms. The van der Waals surface area contributed by atoms with Crippen molar-refractivity contribution in [3.63, 3.8) is 0 Å². The number of halogens is 2. The molecule has 0 bridgehead atoms. The Morgan fingerprint density at radius 2 is 1.80 bits per heavy atom. The van der Waals surface area contributed by atoms with Gasteiger partial charge in [0.2, 0.25) is 0 Å². The van der Waals surface area contributed by atoms with Crippen LogP contribution in [0.15, 0.2) is 16.8 Å². The second-order valence-electron chi connectivity index (χ2n) is 7.22. The van der Waals surface area contributed by atoms with Crippen molar-refractivity contribution in [3.8, 4) is 11.5 Å². The van der Waals surface area contributed by atoms with Gasteiger partial charge < -0.3 is 14.2 Å². The third kappa shape index (κ3) is 3.85. The van der Waals surface area contributed by atoms with E-state index in [0.29, 0.717) is 17.8 Å². The van der Waals surface area contributed by atoms with Gasteiger partial charge in [0.1, 0.15) is 5.82 Å². The Bertz CT molecular complexity index is 1060. The van der Waals surface area contributed by atoms with Gasteiger partial charge in [-0.1, -0.05) is 19.5 Å². The number of aromatic nitrogens is 4. The molecule has 155 valence electrons. The quantitative estimate of drug-likeness (QED) is 0.519. The van der Waals surface area contributed by atoms with Crippen LogP contribution in [-0.4, -0.2) is 40.4 Å². The normalized spacial score (nSPS) is 15.5. The fourth-order valence-electron chi connectivity index (χ4n) is 3.65. The number of alkyl halides is 2. The van der Waals surface area contributed by atoms with E-state index in [4.69, 9.17) is 4.42 Å². The van der Waals surface area contributed by atoms with E-state index in [1.165, 1.54) is 23.6 Å². The van der Waals surface area contributed by atoms with Gasteiger partial charge in [-0.2, -0.15) is 20.4 Å². The van der Waals surface area contributed by atoms with Gasteiger partial charge in [-0.05, 0) is 26.1 Å². The molecular weight excluding hydrogens is 467 g/mol. The monoisotopic (exact) mass is 488 g/mol. The molecule has 1 radical (unpaired) electrons. The molecule has 7 nitrogen and oxygen atoms in total. The topological polar surface area (TPSA) is 71.2 Å². The van der Waals surface area contributed by atoms with Gasteiger partial charge in [0.15, 0.2) is 0 Å². The molecule has 4 rings (SSSR count). The zero-order valence-corrected chi connectivity index (χ0v) is 20.3. The van der Waals surface area contributed by atoms with Crippen molar-refractivity contribution in [2.24, 2.45) is 0 Å². The maximum atomic E-state index is 12.6. The predicted molar refractivity (Wildman–Crippen MR) is 104 cm³/mol. The molecule has 1 aromatic carbocycles. The number of benzene rings is 1. The predicted octanol–water partition coefficient (Wildman–Crippen LogP) is 3.70. The summed E-state index contributed by atoms with van der Waals surface area (Å²) in [5, 5.41) is 6.94. The number of nitrogens with zero attached hydrogens (tertiary/aromatic N) is 6. The number of fused-ring (bicyclic) bond motifs is 1. The molecule has 0 aliphatic carbocycles. The molecule has 0 saturated carbocycles. The SMILES string of the molecule is Cc1[c-]c2c(c(C)c1Cc1ncc(-c3nnc(C(F)F)o3)cn1)N(C)C(C)N2C.[Y]. The van der Waals surface area contributed by atoms with E-state index in [1.807, 2.05) is 6.92 Å². The van der Waals surface area contributed by atoms with Gasteiger partial charge in [0.05, 0.1) is 11.7 Å². The Kier molecular flexibility index (Phi) is 6.52. The van der Waals surface area contributed by atoms with Crippen molar-refractivity contribution in [2.45, 2.75) is 39.8 Å². The van der Waals surface area contributed by atoms with Crippen molar-refractivity contribution >= 4 is 11.4 Å². The van der Waals surface area contributed by atoms with Crippen molar-refractivity contribution in [1.29, 1.82) is 0 Å². The summed E-state index contributed by atoms with van der Waals surface area (Å²) >= 11 is 0. The summed E-state index contributed by atoms with van der Waals surface area (Å²) in [6.07, 6.45) is 1.01. The van der Waals surface area contributed by atoms with Crippen molar-refractivity contribution in [1.82, 2.24) is 20.2 Å².